The second-order valence-corrected chi connectivity index (χ2v) is 6.49. The van der Waals surface area contributed by atoms with Crippen LogP contribution in [0.3, 0.4) is 0 Å². The molecule has 1 atom stereocenters. The van der Waals surface area contributed by atoms with Gasteiger partial charge in [-0.15, -0.1) is 0 Å². The van der Waals surface area contributed by atoms with Gasteiger partial charge >= 0.3 is 12.1 Å². The molecule has 1 amide bonds. The van der Waals surface area contributed by atoms with Crippen molar-refractivity contribution in [1.29, 1.82) is 0 Å². The predicted octanol–water partition coefficient (Wildman–Crippen LogP) is 1.39. The molecule has 1 N–H and O–H groups in total. The van der Waals surface area contributed by atoms with Gasteiger partial charge < -0.3 is 14.4 Å². The molecule has 0 radical (unpaired) electrons. The van der Waals surface area contributed by atoms with Crippen LogP contribution in [0.5, 0.6) is 0 Å². The molecule has 0 aromatic carbocycles. The topological polar surface area (TPSA) is 67.9 Å². The minimum Gasteiger partial charge on any atom is -0.468 e. The average Bonchev–Trinajstić information content (AvgIpc) is 2.23. The van der Waals surface area contributed by atoms with E-state index in [1.54, 1.807) is 4.90 Å². The minimum atomic E-state index is -0.484. The van der Waals surface area contributed by atoms with Crippen LogP contribution in [0.15, 0.2) is 0 Å². The van der Waals surface area contributed by atoms with Gasteiger partial charge in [-0.05, 0) is 26.7 Å². The molecule has 0 spiro atoms. The van der Waals surface area contributed by atoms with Gasteiger partial charge in [0.2, 0.25) is 0 Å². The Morgan fingerprint density at radius 2 is 1.80 bits per heavy atom. The van der Waals surface area contributed by atoms with Crippen molar-refractivity contribution in [3.8, 4) is 0 Å². The lowest BCUT2D eigenvalue weighted by molar-refractivity contribution is -0.144. The number of rotatable bonds is 4. The van der Waals surface area contributed by atoms with Gasteiger partial charge in [-0.1, -0.05) is 13.8 Å². The highest BCUT2D eigenvalue weighted by Crippen LogP contribution is 2.16. The van der Waals surface area contributed by atoms with E-state index in [1.807, 2.05) is 34.6 Å². The quantitative estimate of drug-likeness (QED) is 0.791. The number of methoxy groups -OCH3 is 1. The second kappa shape index (κ2) is 6.43. The molecule has 116 valence electrons. The number of likely N-dealkylation sites (tertiary alicyclic amines) is 1. The van der Waals surface area contributed by atoms with Crippen LogP contribution in [0.25, 0.3) is 0 Å². The van der Waals surface area contributed by atoms with Crippen LogP contribution in [0.2, 0.25) is 0 Å². The lowest BCUT2D eigenvalue weighted by Gasteiger charge is -2.41. The number of nitrogens with one attached hydrogen (secondary N) is 1. The molecule has 0 aliphatic carbocycles. The summed E-state index contributed by atoms with van der Waals surface area (Å²) in [6.07, 6.45) is -0.310. The molecule has 1 fully saturated rings. The second-order valence-electron chi connectivity index (χ2n) is 6.49. The number of esters is 1. The summed E-state index contributed by atoms with van der Waals surface area (Å²) in [5.74, 6) is -0.131. The molecular weight excluding hydrogens is 260 g/mol. The van der Waals surface area contributed by atoms with E-state index in [9.17, 15) is 9.59 Å². The summed E-state index contributed by atoms with van der Waals surface area (Å²) in [6, 6.07) is -0.236. The average molecular weight is 286 g/mol. The van der Waals surface area contributed by atoms with Crippen LogP contribution in [0.1, 0.15) is 34.6 Å². The first kappa shape index (κ1) is 16.8. The van der Waals surface area contributed by atoms with E-state index in [0.717, 1.165) is 0 Å². The van der Waals surface area contributed by atoms with Crippen LogP contribution in [-0.4, -0.2) is 54.8 Å². The number of amides is 1. The number of ether oxygens (including phenoxy) is 2. The van der Waals surface area contributed by atoms with E-state index in [2.05, 4.69) is 5.32 Å². The lowest BCUT2D eigenvalue weighted by Crippen LogP contribution is -2.64. The summed E-state index contributed by atoms with van der Waals surface area (Å²) >= 11 is 0. The fourth-order valence-corrected chi connectivity index (χ4v) is 1.97. The highest BCUT2D eigenvalue weighted by Gasteiger charge is 2.36. The van der Waals surface area contributed by atoms with Crippen LogP contribution in [0.4, 0.5) is 4.79 Å². The number of nitrogens with zero attached hydrogens (tertiary/aromatic N) is 1. The third kappa shape index (κ3) is 4.67. The van der Waals surface area contributed by atoms with E-state index >= 15 is 0 Å². The van der Waals surface area contributed by atoms with Gasteiger partial charge in [-0.3, -0.25) is 10.1 Å². The number of hydrogen-bond donors (Lipinski definition) is 1. The monoisotopic (exact) mass is 286 g/mol. The fourth-order valence-electron chi connectivity index (χ4n) is 1.97. The number of carbonyl (C=O) groups excluding carboxylic acids is 2. The van der Waals surface area contributed by atoms with Crippen LogP contribution < -0.4 is 5.32 Å². The van der Waals surface area contributed by atoms with Gasteiger partial charge in [0.05, 0.1) is 7.11 Å². The van der Waals surface area contributed by atoms with Crippen molar-refractivity contribution >= 4 is 12.1 Å². The van der Waals surface area contributed by atoms with Crippen molar-refractivity contribution in [3.05, 3.63) is 0 Å². The summed E-state index contributed by atoms with van der Waals surface area (Å²) in [4.78, 5) is 25.0. The van der Waals surface area contributed by atoms with Gasteiger partial charge in [0.15, 0.2) is 0 Å². The van der Waals surface area contributed by atoms with E-state index in [4.69, 9.17) is 9.47 Å². The summed E-state index contributed by atoms with van der Waals surface area (Å²) in [5.41, 5.74) is -0.484. The van der Waals surface area contributed by atoms with Gasteiger partial charge in [0.25, 0.3) is 0 Å². The summed E-state index contributed by atoms with van der Waals surface area (Å²) in [6.45, 7) is 10.5. The Kier molecular flexibility index (Phi) is 5.39. The van der Waals surface area contributed by atoms with Crippen molar-refractivity contribution in [3.63, 3.8) is 0 Å². The maximum atomic E-state index is 11.8. The summed E-state index contributed by atoms with van der Waals surface area (Å²) < 4.78 is 10.1. The molecule has 0 bridgehead atoms. The molecule has 1 aliphatic heterocycles. The number of carbonyl (C=O) groups is 2. The first-order valence-corrected chi connectivity index (χ1v) is 6.96. The highest BCUT2D eigenvalue weighted by atomic mass is 16.6. The molecule has 6 nitrogen and oxygen atoms in total. The molecule has 1 aliphatic rings. The van der Waals surface area contributed by atoms with Crippen LogP contribution in [0, 0.1) is 5.92 Å². The molecule has 0 aromatic heterocycles. The largest absolute Gasteiger partial charge is 0.468 e. The molecule has 1 saturated heterocycles. The van der Waals surface area contributed by atoms with E-state index in [-0.39, 0.29) is 30.1 Å². The van der Waals surface area contributed by atoms with E-state index < -0.39 is 5.60 Å². The Labute approximate surface area is 120 Å². The Bertz CT molecular complexity index is 357. The van der Waals surface area contributed by atoms with E-state index in [1.165, 1.54) is 7.11 Å². The Hall–Kier alpha value is -1.30. The van der Waals surface area contributed by atoms with Crippen molar-refractivity contribution in [2.45, 2.75) is 52.3 Å². The zero-order valence-corrected chi connectivity index (χ0v) is 13.2. The van der Waals surface area contributed by atoms with E-state index in [0.29, 0.717) is 13.1 Å². The molecule has 20 heavy (non-hydrogen) atoms. The first-order chi connectivity index (χ1) is 9.14. The smallest absolute Gasteiger partial charge is 0.410 e. The SMILES string of the molecule is COC(=O)C(NC1CN(C(=O)OC(C)(C)C)C1)C(C)C. The maximum Gasteiger partial charge on any atom is 0.410 e. The van der Waals surface area contributed by atoms with Gasteiger partial charge in [0, 0.05) is 19.1 Å². The zero-order chi connectivity index (χ0) is 15.5. The fraction of sp³-hybridized carbons (Fsp3) is 0.857. The van der Waals surface area contributed by atoms with Crippen molar-refractivity contribution in [2.24, 2.45) is 5.92 Å². The van der Waals surface area contributed by atoms with Gasteiger partial charge in [-0.2, -0.15) is 0 Å². The van der Waals surface area contributed by atoms with Crippen molar-refractivity contribution in [1.82, 2.24) is 10.2 Å². The summed E-state index contributed by atoms with van der Waals surface area (Å²) in [5, 5.41) is 3.23. The Balaban J connectivity index is 2.41. The van der Waals surface area contributed by atoms with Crippen molar-refractivity contribution < 1.29 is 19.1 Å². The number of hydrogen-bond acceptors (Lipinski definition) is 5. The molecule has 1 rings (SSSR count). The Morgan fingerprint density at radius 1 is 1.25 bits per heavy atom. The molecule has 1 heterocycles. The molecule has 0 saturated carbocycles. The van der Waals surface area contributed by atoms with Gasteiger partial charge in [0.1, 0.15) is 11.6 Å². The first-order valence-electron chi connectivity index (χ1n) is 6.96. The molecule has 1 unspecified atom stereocenters. The third-order valence-corrected chi connectivity index (χ3v) is 3.07. The standard InChI is InChI=1S/C14H26N2O4/c1-9(2)11(12(17)19-6)15-10-7-16(8-10)13(18)20-14(3,4)5/h9-11,15H,7-8H2,1-6H3. The van der Waals surface area contributed by atoms with Crippen molar-refractivity contribution in [2.75, 3.05) is 20.2 Å². The molecule has 0 aromatic rings. The van der Waals surface area contributed by atoms with Crippen LogP contribution in [-0.2, 0) is 14.3 Å². The predicted molar refractivity (Wildman–Crippen MR) is 75.4 cm³/mol. The highest BCUT2D eigenvalue weighted by molar-refractivity contribution is 5.76. The zero-order valence-electron chi connectivity index (χ0n) is 13.2. The lowest BCUT2D eigenvalue weighted by atomic mass is 10.0. The van der Waals surface area contributed by atoms with Gasteiger partial charge in [-0.25, -0.2) is 4.79 Å². The normalized spacial score (nSPS) is 17.6. The molecular formula is C14H26N2O4. The third-order valence-electron chi connectivity index (χ3n) is 3.07. The molecule has 6 heteroatoms. The minimum absolute atomic E-state index is 0.106. The maximum absolute atomic E-state index is 11.8. The summed E-state index contributed by atoms with van der Waals surface area (Å²) in [7, 11) is 1.38. The Morgan fingerprint density at radius 3 is 2.20 bits per heavy atom. The van der Waals surface area contributed by atoms with Crippen LogP contribution >= 0.6 is 0 Å².